The summed E-state index contributed by atoms with van der Waals surface area (Å²) in [5, 5.41) is 41.4. The summed E-state index contributed by atoms with van der Waals surface area (Å²) in [5.74, 6) is -1.44. The van der Waals surface area contributed by atoms with E-state index in [0.717, 1.165) is 0 Å². The number of phosphoric ester groups is 1. The summed E-state index contributed by atoms with van der Waals surface area (Å²) in [7, 11) is -4.80. The van der Waals surface area contributed by atoms with Crippen LogP contribution in [0, 0.1) is 0 Å². The molecule has 4 heterocycles. The zero-order valence-electron chi connectivity index (χ0n) is 20.2. The Kier molecular flexibility index (Phi) is 8.72. The van der Waals surface area contributed by atoms with Crippen molar-refractivity contribution >= 4 is 19.6 Å². The number of aliphatic hydroxyl groups is 4. The molecule has 2 aliphatic rings. The standard InChI is InChI=1S/C22H27N4O12P/c23-19(31)11-3-1-5-25(7-11)21-17(29)15(27)13(37-21)9-35-39(33,34)36-10-14-16(28)18(30)22(38-14)26-6-2-4-12(8-26)20(24)32/h1-8,13-18,21-22,27-30H,9-10H2,(H3-2,23,24,31,32,33,34)/p+2/t13-,14-,15-,16-,17-,18-,21-,22-/m1/s1. The first-order chi connectivity index (χ1) is 18.4. The van der Waals surface area contributed by atoms with Gasteiger partial charge < -0.3 is 46.3 Å². The third kappa shape index (κ3) is 6.47. The van der Waals surface area contributed by atoms with E-state index in [2.05, 4.69) is 0 Å². The van der Waals surface area contributed by atoms with Crippen LogP contribution >= 0.6 is 7.82 Å². The molecule has 0 bridgehead atoms. The molecule has 4 rings (SSSR count). The van der Waals surface area contributed by atoms with E-state index in [1.165, 1.54) is 58.2 Å². The number of carbonyl (C=O) groups excluding carboxylic acids is 2. The Morgan fingerprint density at radius 3 is 1.54 bits per heavy atom. The molecule has 0 unspecified atom stereocenters. The summed E-state index contributed by atoms with van der Waals surface area (Å²) in [6.07, 6.45) is -5.27. The van der Waals surface area contributed by atoms with Crippen LogP contribution in [0.15, 0.2) is 49.1 Å². The molecule has 8 atom stereocenters. The number of nitrogens with zero attached hydrogens (tertiary/aromatic N) is 2. The van der Waals surface area contributed by atoms with Crippen LogP contribution < -0.4 is 20.6 Å². The number of pyridine rings is 2. The minimum Gasteiger partial charge on any atom is -0.387 e. The van der Waals surface area contributed by atoms with Gasteiger partial charge in [-0.25, -0.2) is 4.57 Å². The number of hydrogen-bond acceptors (Lipinski definition) is 11. The third-order valence-corrected chi connectivity index (χ3v) is 7.23. The number of primary amides is 2. The highest BCUT2D eigenvalue weighted by Gasteiger charge is 2.51. The van der Waals surface area contributed by atoms with Gasteiger partial charge in [-0.05, 0) is 12.1 Å². The molecule has 2 amide bonds. The number of amides is 2. The van der Waals surface area contributed by atoms with Crippen LogP contribution in [-0.4, -0.2) is 87.0 Å². The molecule has 39 heavy (non-hydrogen) atoms. The van der Waals surface area contributed by atoms with Crippen molar-refractivity contribution in [2.75, 3.05) is 13.2 Å². The van der Waals surface area contributed by atoms with E-state index < -0.39 is 81.9 Å². The van der Waals surface area contributed by atoms with Crippen molar-refractivity contribution in [3.63, 3.8) is 0 Å². The van der Waals surface area contributed by atoms with E-state index in [1.807, 2.05) is 0 Å². The van der Waals surface area contributed by atoms with Gasteiger partial charge in [0.05, 0.1) is 13.2 Å². The zero-order chi connectivity index (χ0) is 28.5. The van der Waals surface area contributed by atoms with Crippen LogP contribution in [0.5, 0.6) is 0 Å². The summed E-state index contributed by atoms with van der Waals surface area (Å²) in [6.45, 7) is -1.35. The van der Waals surface area contributed by atoms with Crippen molar-refractivity contribution in [2.24, 2.45) is 11.5 Å². The van der Waals surface area contributed by atoms with Gasteiger partial charge in [-0.1, -0.05) is 0 Å². The predicted octanol–water partition coefficient (Wildman–Crippen LogP) is -3.47. The summed E-state index contributed by atoms with van der Waals surface area (Å²) in [6, 6.07) is 5.85. The highest BCUT2D eigenvalue weighted by Crippen LogP contribution is 2.45. The Hall–Kier alpha value is -2.89. The van der Waals surface area contributed by atoms with Crippen LogP contribution in [0.4, 0.5) is 0 Å². The Balaban J connectivity index is 1.33. The lowest BCUT2D eigenvalue weighted by Gasteiger charge is -2.19. The quantitative estimate of drug-likeness (QED) is 0.108. The fourth-order valence-electron chi connectivity index (χ4n) is 4.19. The van der Waals surface area contributed by atoms with Gasteiger partial charge in [-0.3, -0.25) is 18.6 Å². The molecule has 0 radical (unpaired) electrons. The van der Waals surface area contributed by atoms with Crippen molar-refractivity contribution in [3.05, 3.63) is 60.2 Å². The molecule has 0 spiro atoms. The molecular weight excluding hydrogens is 543 g/mol. The van der Waals surface area contributed by atoms with Crippen molar-refractivity contribution < 1.29 is 67.1 Å². The highest BCUT2D eigenvalue weighted by atomic mass is 31.2. The number of phosphoric acid groups is 1. The number of nitrogens with two attached hydrogens (primary N) is 2. The van der Waals surface area contributed by atoms with Crippen LogP contribution in [0.2, 0.25) is 0 Å². The molecular formula is C22H29N4O12P+2. The van der Waals surface area contributed by atoms with Gasteiger partial charge >= 0.3 is 7.82 Å². The summed E-state index contributed by atoms with van der Waals surface area (Å²) < 4.78 is 36.0. The van der Waals surface area contributed by atoms with Crippen LogP contribution in [0.3, 0.4) is 0 Å². The second-order valence-electron chi connectivity index (χ2n) is 8.96. The van der Waals surface area contributed by atoms with E-state index in [0.29, 0.717) is 0 Å². The number of carbonyl (C=O) groups is 2. The van der Waals surface area contributed by atoms with Crippen LogP contribution in [-0.2, 0) is 23.1 Å². The summed E-state index contributed by atoms with van der Waals surface area (Å²) in [5.41, 5.74) is 10.8. The maximum Gasteiger partial charge on any atom is 0.472 e. The number of aliphatic hydroxyl groups excluding tert-OH is 4. The smallest absolute Gasteiger partial charge is 0.387 e. The first kappa shape index (κ1) is 29.1. The van der Waals surface area contributed by atoms with E-state index in [-0.39, 0.29) is 11.1 Å². The van der Waals surface area contributed by atoms with Crippen molar-refractivity contribution in [3.8, 4) is 0 Å². The maximum atomic E-state index is 12.4. The van der Waals surface area contributed by atoms with Crippen LogP contribution in [0.25, 0.3) is 0 Å². The fourth-order valence-corrected chi connectivity index (χ4v) is 4.94. The average molecular weight is 572 g/mol. The molecule has 2 aliphatic heterocycles. The highest BCUT2D eigenvalue weighted by molar-refractivity contribution is 7.47. The Labute approximate surface area is 221 Å². The van der Waals surface area contributed by atoms with E-state index in [1.54, 1.807) is 0 Å². The van der Waals surface area contributed by atoms with Gasteiger partial charge in [0.2, 0.25) is 0 Å². The van der Waals surface area contributed by atoms with E-state index in [4.69, 9.17) is 30.0 Å². The molecule has 9 N–H and O–H groups in total. The van der Waals surface area contributed by atoms with Gasteiger partial charge in [0.15, 0.2) is 37.0 Å². The lowest BCUT2D eigenvalue weighted by Crippen LogP contribution is -2.46. The Bertz CT molecular complexity index is 1180. The minimum atomic E-state index is -4.80. The van der Waals surface area contributed by atoms with Gasteiger partial charge in [0.1, 0.15) is 35.5 Å². The minimum absolute atomic E-state index is 0.124. The molecule has 212 valence electrons. The largest absolute Gasteiger partial charge is 0.472 e. The third-order valence-electron chi connectivity index (χ3n) is 6.28. The lowest BCUT2D eigenvalue weighted by atomic mass is 10.1. The molecule has 0 aliphatic carbocycles. The molecule has 17 heteroatoms. The van der Waals surface area contributed by atoms with Crippen molar-refractivity contribution in [2.45, 2.75) is 49.1 Å². The Morgan fingerprint density at radius 2 is 1.18 bits per heavy atom. The molecule has 2 aromatic rings. The SMILES string of the molecule is NC(=O)c1ccc[n+]([C@@H]2O[C@H](COP(=O)(O)OC[C@H]3O[C@@H]([n+]4cccc(C(N)=O)c4)[C@H](O)[C@@H]3O)[C@@H](O)[C@H]2O)c1. The fraction of sp³-hybridized carbons (Fsp3) is 0.455. The van der Waals surface area contributed by atoms with E-state index in [9.17, 15) is 39.5 Å². The first-order valence-corrected chi connectivity index (χ1v) is 13.1. The number of hydrogen-bond donors (Lipinski definition) is 7. The van der Waals surface area contributed by atoms with Gasteiger partial charge in [0, 0.05) is 12.1 Å². The molecule has 2 aromatic heterocycles. The number of rotatable bonds is 10. The lowest BCUT2D eigenvalue weighted by molar-refractivity contribution is -0.766. The number of ether oxygens (including phenoxy) is 2. The van der Waals surface area contributed by atoms with Crippen molar-refractivity contribution in [1.29, 1.82) is 0 Å². The van der Waals surface area contributed by atoms with Gasteiger partial charge in [-0.15, -0.1) is 0 Å². The topological polar surface area (TPSA) is 249 Å². The molecule has 2 saturated heterocycles. The monoisotopic (exact) mass is 572 g/mol. The van der Waals surface area contributed by atoms with Crippen LogP contribution in [0.1, 0.15) is 33.2 Å². The summed E-state index contributed by atoms with van der Waals surface area (Å²) in [4.78, 5) is 32.9. The molecule has 2 fully saturated rings. The van der Waals surface area contributed by atoms with Gasteiger partial charge in [0.25, 0.3) is 24.3 Å². The van der Waals surface area contributed by atoms with Crippen molar-refractivity contribution in [1.82, 2.24) is 0 Å². The first-order valence-electron chi connectivity index (χ1n) is 11.6. The normalized spacial score (nSPS) is 32.1. The average Bonchev–Trinajstić information content (AvgIpc) is 3.36. The summed E-state index contributed by atoms with van der Waals surface area (Å²) >= 11 is 0. The Morgan fingerprint density at radius 1 is 0.795 bits per heavy atom. The van der Waals surface area contributed by atoms with E-state index >= 15 is 0 Å². The zero-order valence-corrected chi connectivity index (χ0v) is 21.1. The molecule has 16 nitrogen and oxygen atoms in total. The molecule has 0 aromatic carbocycles. The molecule has 0 saturated carbocycles. The second kappa shape index (κ2) is 11.7. The van der Waals surface area contributed by atoms with Gasteiger partial charge in [-0.2, -0.15) is 9.13 Å². The number of aromatic nitrogens is 2. The predicted molar refractivity (Wildman–Crippen MR) is 124 cm³/mol. The second-order valence-corrected chi connectivity index (χ2v) is 10.4. The maximum absolute atomic E-state index is 12.4.